The van der Waals surface area contributed by atoms with E-state index in [2.05, 4.69) is 5.32 Å². The molecule has 0 radical (unpaired) electrons. The Morgan fingerprint density at radius 3 is 2.77 bits per heavy atom. The molecule has 0 unspecified atom stereocenters. The molecule has 1 aromatic carbocycles. The lowest BCUT2D eigenvalue weighted by Crippen LogP contribution is -2.50. The third-order valence-corrected chi connectivity index (χ3v) is 5.46. The summed E-state index contributed by atoms with van der Waals surface area (Å²) in [6.07, 6.45) is 6.95. The van der Waals surface area contributed by atoms with Crippen molar-refractivity contribution in [3.8, 4) is 0 Å². The number of likely N-dealkylation sites (tertiary alicyclic amines) is 1. The van der Waals surface area contributed by atoms with Gasteiger partial charge in [0.1, 0.15) is 0 Å². The van der Waals surface area contributed by atoms with Gasteiger partial charge >= 0.3 is 5.97 Å². The Balaban J connectivity index is 1.58. The number of piperidine rings is 1. The first-order valence-electron chi connectivity index (χ1n) is 9.61. The SMILES string of the molecule is O=C(OCC(=O)N1CCC[C@@H]2CCCC[C@@H]21)c1ccccc1NCCO. The van der Waals surface area contributed by atoms with Crippen molar-refractivity contribution in [2.24, 2.45) is 5.92 Å². The molecule has 0 spiro atoms. The minimum absolute atomic E-state index is 0.0284. The summed E-state index contributed by atoms with van der Waals surface area (Å²) in [6, 6.07) is 7.29. The zero-order valence-electron chi connectivity index (χ0n) is 15.2. The fraction of sp³-hybridized carbons (Fsp3) is 0.600. The van der Waals surface area contributed by atoms with E-state index in [0.717, 1.165) is 19.4 Å². The lowest BCUT2D eigenvalue weighted by Gasteiger charge is -2.44. The molecule has 1 saturated carbocycles. The molecule has 26 heavy (non-hydrogen) atoms. The first-order chi connectivity index (χ1) is 12.7. The number of fused-ring (bicyclic) bond motifs is 1. The van der Waals surface area contributed by atoms with Crippen molar-refractivity contribution in [3.05, 3.63) is 29.8 Å². The maximum atomic E-state index is 12.6. The fourth-order valence-electron chi connectivity index (χ4n) is 4.23. The number of carbonyl (C=O) groups excluding carboxylic acids is 2. The summed E-state index contributed by atoms with van der Waals surface area (Å²) in [5.41, 5.74) is 0.979. The highest BCUT2D eigenvalue weighted by molar-refractivity contribution is 5.96. The van der Waals surface area contributed by atoms with Crippen LogP contribution in [0.15, 0.2) is 24.3 Å². The number of rotatable bonds is 6. The number of para-hydroxylation sites is 1. The molecule has 1 aromatic rings. The van der Waals surface area contributed by atoms with Crippen LogP contribution in [0.1, 0.15) is 48.9 Å². The number of amides is 1. The third-order valence-electron chi connectivity index (χ3n) is 5.46. The fourth-order valence-corrected chi connectivity index (χ4v) is 4.23. The van der Waals surface area contributed by atoms with Crippen LogP contribution in [0.4, 0.5) is 5.69 Å². The van der Waals surface area contributed by atoms with Gasteiger partial charge in [-0.1, -0.05) is 25.0 Å². The zero-order valence-corrected chi connectivity index (χ0v) is 15.2. The topological polar surface area (TPSA) is 78.9 Å². The van der Waals surface area contributed by atoms with Crippen LogP contribution >= 0.6 is 0 Å². The van der Waals surface area contributed by atoms with Crippen LogP contribution in [0.3, 0.4) is 0 Å². The number of ether oxygens (including phenoxy) is 1. The van der Waals surface area contributed by atoms with Gasteiger partial charge in [-0.25, -0.2) is 4.79 Å². The number of hydrogen-bond acceptors (Lipinski definition) is 5. The Hall–Kier alpha value is -2.08. The Labute approximate surface area is 154 Å². The van der Waals surface area contributed by atoms with Gasteiger partial charge in [-0.3, -0.25) is 4.79 Å². The van der Waals surface area contributed by atoms with E-state index in [1.165, 1.54) is 25.7 Å². The highest BCUT2D eigenvalue weighted by Gasteiger charge is 2.35. The van der Waals surface area contributed by atoms with Crippen LogP contribution < -0.4 is 5.32 Å². The minimum atomic E-state index is -0.517. The van der Waals surface area contributed by atoms with Crippen molar-refractivity contribution in [1.29, 1.82) is 0 Å². The molecule has 1 heterocycles. The Kier molecular flexibility index (Phi) is 6.50. The smallest absolute Gasteiger partial charge is 0.340 e. The van der Waals surface area contributed by atoms with Crippen molar-refractivity contribution in [1.82, 2.24) is 4.90 Å². The number of carbonyl (C=O) groups is 2. The van der Waals surface area contributed by atoms with Gasteiger partial charge < -0.3 is 20.1 Å². The molecule has 6 heteroatoms. The summed E-state index contributed by atoms with van der Waals surface area (Å²) in [4.78, 5) is 27.0. The van der Waals surface area contributed by atoms with E-state index in [9.17, 15) is 9.59 Å². The number of anilines is 1. The molecule has 3 rings (SSSR count). The molecule has 1 aliphatic heterocycles. The van der Waals surface area contributed by atoms with Crippen LogP contribution in [-0.2, 0) is 9.53 Å². The molecule has 2 N–H and O–H groups in total. The largest absolute Gasteiger partial charge is 0.452 e. The average Bonchev–Trinajstić information content (AvgIpc) is 2.70. The first-order valence-corrected chi connectivity index (χ1v) is 9.61. The van der Waals surface area contributed by atoms with Gasteiger partial charge in [0.25, 0.3) is 5.91 Å². The van der Waals surface area contributed by atoms with Crippen LogP contribution in [0.2, 0.25) is 0 Å². The Morgan fingerprint density at radius 1 is 1.15 bits per heavy atom. The van der Waals surface area contributed by atoms with Gasteiger partial charge in [-0.05, 0) is 43.7 Å². The molecule has 6 nitrogen and oxygen atoms in total. The van der Waals surface area contributed by atoms with E-state index >= 15 is 0 Å². The Bertz CT molecular complexity index is 632. The number of nitrogens with zero attached hydrogens (tertiary/aromatic N) is 1. The summed E-state index contributed by atoms with van der Waals surface area (Å²) in [5.74, 6) is 0.00732. The standard InChI is InChI=1S/C20H28N2O4/c23-13-11-21-17-9-3-2-8-16(17)20(25)26-14-19(24)22-12-5-7-15-6-1-4-10-18(15)22/h2-3,8-9,15,18,21,23H,1,4-7,10-14H2/t15-,18-/m0/s1. The number of nitrogens with one attached hydrogen (secondary N) is 1. The van der Waals surface area contributed by atoms with Gasteiger partial charge in [-0.2, -0.15) is 0 Å². The molecule has 2 aliphatic rings. The number of benzene rings is 1. The monoisotopic (exact) mass is 360 g/mol. The van der Waals surface area contributed by atoms with E-state index in [1.54, 1.807) is 24.3 Å². The summed E-state index contributed by atoms with van der Waals surface area (Å²) >= 11 is 0. The maximum Gasteiger partial charge on any atom is 0.340 e. The summed E-state index contributed by atoms with van der Waals surface area (Å²) < 4.78 is 5.31. The van der Waals surface area contributed by atoms with E-state index in [1.807, 2.05) is 4.90 Å². The zero-order chi connectivity index (χ0) is 18.4. The van der Waals surface area contributed by atoms with Crippen molar-refractivity contribution in [2.75, 3.05) is 31.6 Å². The van der Waals surface area contributed by atoms with Crippen molar-refractivity contribution < 1.29 is 19.4 Å². The summed E-state index contributed by atoms with van der Waals surface area (Å²) in [7, 11) is 0. The molecular weight excluding hydrogens is 332 g/mol. The van der Waals surface area contributed by atoms with Crippen LogP contribution in [-0.4, -0.2) is 54.2 Å². The van der Waals surface area contributed by atoms with Crippen LogP contribution in [0.5, 0.6) is 0 Å². The molecule has 2 atom stereocenters. The van der Waals surface area contributed by atoms with E-state index in [4.69, 9.17) is 9.84 Å². The van der Waals surface area contributed by atoms with E-state index < -0.39 is 5.97 Å². The molecule has 1 amide bonds. The second kappa shape index (κ2) is 9.03. The van der Waals surface area contributed by atoms with Gasteiger partial charge in [0.2, 0.25) is 0 Å². The quantitative estimate of drug-likeness (QED) is 0.762. The number of aliphatic hydroxyl groups excluding tert-OH is 1. The van der Waals surface area contributed by atoms with Gasteiger partial charge in [0.05, 0.1) is 12.2 Å². The summed E-state index contributed by atoms with van der Waals surface area (Å²) in [6.45, 7) is 0.877. The van der Waals surface area contributed by atoms with E-state index in [-0.39, 0.29) is 19.1 Å². The lowest BCUT2D eigenvalue weighted by molar-refractivity contribution is -0.140. The van der Waals surface area contributed by atoms with Crippen molar-refractivity contribution >= 4 is 17.6 Å². The van der Waals surface area contributed by atoms with Crippen LogP contribution in [0, 0.1) is 5.92 Å². The second-order valence-electron chi connectivity index (χ2n) is 7.11. The van der Waals surface area contributed by atoms with Gasteiger partial charge in [-0.15, -0.1) is 0 Å². The van der Waals surface area contributed by atoms with Gasteiger partial charge in [0, 0.05) is 24.8 Å². The minimum Gasteiger partial charge on any atom is -0.452 e. The Morgan fingerprint density at radius 2 is 1.92 bits per heavy atom. The molecular formula is C20H28N2O4. The second-order valence-corrected chi connectivity index (χ2v) is 7.11. The normalized spacial score (nSPS) is 22.4. The first kappa shape index (κ1) is 18.7. The predicted molar refractivity (Wildman–Crippen MR) is 99.0 cm³/mol. The third kappa shape index (κ3) is 4.36. The van der Waals surface area contributed by atoms with Crippen LogP contribution in [0.25, 0.3) is 0 Å². The van der Waals surface area contributed by atoms with Crippen molar-refractivity contribution in [3.63, 3.8) is 0 Å². The highest BCUT2D eigenvalue weighted by atomic mass is 16.5. The highest BCUT2D eigenvalue weighted by Crippen LogP contribution is 2.35. The number of esters is 1. The lowest BCUT2D eigenvalue weighted by atomic mass is 9.78. The molecule has 142 valence electrons. The van der Waals surface area contributed by atoms with Crippen molar-refractivity contribution in [2.45, 2.75) is 44.6 Å². The molecule has 0 aromatic heterocycles. The maximum absolute atomic E-state index is 12.6. The summed E-state index contributed by atoms with van der Waals surface area (Å²) in [5, 5.41) is 11.9. The molecule has 2 fully saturated rings. The van der Waals surface area contributed by atoms with Gasteiger partial charge in [0.15, 0.2) is 6.61 Å². The molecule has 1 aliphatic carbocycles. The molecule has 0 bridgehead atoms. The molecule has 1 saturated heterocycles. The predicted octanol–water partition coefficient (Wildman–Crippen LogP) is 2.43. The average molecular weight is 360 g/mol. The number of hydrogen-bond donors (Lipinski definition) is 2. The van der Waals surface area contributed by atoms with E-state index in [0.29, 0.717) is 29.8 Å². The number of aliphatic hydroxyl groups is 1.